The number of carbonyl (C=O) groups excluding carboxylic acids is 2. The Morgan fingerprint density at radius 3 is 2.67 bits per heavy atom. The summed E-state index contributed by atoms with van der Waals surface area (Å²) >= 11 is 0. The van der Waals surface area contributed by atoms with Gasteiger partial charge in [0.05, 0.1) is 23.9 Å². The normalized spacial score (nSPS) is 15.1. The first-order valence-corrected chi connectivity index (χ1v) is 9.58. The van der Waals surface area contributed by atoms with Gasteiger partial charge in [0, 0.05) is 17.7 Å². The maximum atomic E-state index is 12.5. The summed E-state index contributed by atoms with van der Waals surface area (Å²) in [4.78, 5) is 24.6. The molecule has 8 nitrogen and oxygen atoms in total. The van der Waals surface area contributed by atoms with E-state index in [1.807, 2.05) is 6.07 Å². The smallest absolute Gasteiger partial charge is 0.412 e. The van der Waals surface area contributed by atoms with Crippen molar-refractivity contribution in [2.24, 2.45) is 0 Å². The molecular formula is C22H24N4O4. The number of fused-ring (bicyclic) bond motifs is 1. The molecule has 156 valence electrons. The molecule has 3 amide bonds. The molecule has 0 aliphatic carbocycles. The van der Waals surface area contributed by atoms with Crippen molar-refractivity contribution in [2.75, 3.05) is 17.2 Å². The van der Waals surface area contributed by atoms with Crippen molar-refractivity contribution in [3.05, 3.63) is 53.6 Å². The molecule has 0 saturated carbocycles. The van der Waals surface area contributed by atoms with Crippen molar-refractivity contribution in [3.8, 4) is 11.8 Å². The summed E-state index contributed by atoms with van der Waals surface area (Å²) in [6, 6.07) is 13.3. The van der Waals surface area contributed by atoms with Gasteiger partial charge < -0.3 is 20.1 Å². The first-order valence-electron chi connectivity index (χ1n) is 9.58. The van der Waals surface area contributed by atoms with E-state index in [1.165, 1.54) is 0 Å². The van der Waals surface area contributed by atoms with Gasteiger partial charge in [-0.3, -0.25) is 5.32 Å². The Balaban J connectivity index is 1.72. The minimum absolute atomic E-state index is 0.316. The number of nitrogens with one attached hydrogen (secondary N) is 3. The zero-order valence-electron chi connectivity index (χ0n) is 17.1. The Hall–Kier alpha value is -3.73. The van der Waals surface area contributed by atoms with E-state index in [0.29, 0.717) is 35.7 Å². The largest absolute Gasteiger partial charge is 0.493 e. The van der Waals surface area contributed by atoms with Gasteiger partial charge in [-0.2, -0.15) is 5.26 Å². The van der Waals surface area contributed by atoms with Crippen molar-refractivity contribution in [3.63, 3.8) is 0 Å². The number of benzene rings is 2. The predicted molar refractivity (Wildman–Crippen MR) is 112 cm³/mol. The molecule has 0 bridgehead atoms. The molecule has 1 atom stereocenters. The minimum atomic E-state index is -0.608. The number of para-hydroxylation sites is 1. The fraction of sp³-hybridized carbons (Fsp3) is 0.318. The Morgan fingerprint density at radius 1 is 1.17 bits per heavy atom. The molecule has 30 heavy (non-hydrogen) atoms. The van der Waals surface area contributed by atoms with Gasteiger partial charge in [-0.25, -0.2) is 9.59 Å². The number of urea groups is 1. The summed E-state index contributed by atoms with van der Waals surface area (Å²) in [7, 11) is 0. The average Bonchev–Trinajstić information content (AvgIpc) is 2.67. The molecule has 2 aromatic carbocycles. The molecule has 1 aliphatic heterocycles. The van der Waals surface area contributed by atoms with Crippen molar-refractivity contribution >= 4 is 23.5 Å². The van der Waals surface area contributed by atoms with Crippen LogP contribution in [0.4, 0.5) is 21.0 Å². The quantitative estimate of drug-likeness (QED) is 0.690. The number of hydrogen-bond acceptors (Lipinski definition) is 5. The summed E-state index contributed by atoms with van der Waals surface area (Å²) in [6.45, 7) is 5.81. The van der Waals surface area contributed by atoms with E-state index >= 15 is 0 Å². The van der Waals surface area contributed by atoms with Crippen molar-refractivity contribution < 1.29 is 19.1 Å². The van der Waals surface area contributed by atoms with Gasteiger partial charge in [-0.1, -0.05) is 12.1 Å². The summed E-state index contributed by atoms with van der Waals surface area (Å²) in [5.41, 5.74) is 1.49. The van der Waals surface area contributed by atoms with E-state index in [2.05, 4.69) is 16.0 Å². The van der Waals surface area contributed by atoms with E-state index in [9.17, 15) is 14.9 Å². The monoisotopic (exact) mass is 408 g/mol. The Bertz CT molecular complexity index is 991. The van der Waals surface area contributed by atoms with Gasteiger partial charge >= 0.3 is 12.1 Å². The minimum Gasteiger partial charge on any atom is -0.493 e. The van der Waals surface area contributed by atoms with Gasteiger partial charge in [0.15, 0.2) is 0 Å². The standard InChI is InChI=1S/C22H24N4O4/c1-22(2,3)30-21(28)24-15-8-9-19-16(12-15)18(10-11-29-19)26-20(27)25-17-7-5-4-6-14(17)13-23/h4-9,12,18H,10-11H2,1-3H3,(H,24,28)(H2,25,26,27)/t18-/m1/s1. The zero-order valence-corrected chi connectivity index (χ0v) is 17.1. The fourth-order valence-electron chi connectivity index (χ4n) is 3.05. The van der Waals surface area contributed by atoms with E-state index < -0.39 is 17.7 Å². The highest BCUT2D eigenvalue weighted by Gasteiger charge is 2.24. The first-order chi connectivity index (χ1) is 14.2. The molecule has 1 aliphatic rings. The van der Waals surface area contributed by atoms with Crippen LogP contribution in [-0.4, -0.2) is 24.3 Å². The van der Waals surface area contributed by atoms with Gasteiger partial charge in [-0.05, 0) is 51.1 Å². The third kappa shape index (κ3) is 5.41. The van der Waals surface area contributed by atoms with Crippen molar-refractivity contribution in [1.82, 2.24) is 5.32 Å². The molecule has 2 aromatic rings. The summed E-state index contributed by atoms with van der Waals surface area (Å²) in [5, 5.41) is 17.5. The molecule has 0 spiro atoms. The highest BCUT2D eigenvalue weighted by atomic mass is 16.6. The molecule has 1 heterocycles. The number of amides is 3. The molecule has 0 unspecified atom stereocenters. The van der Waals surface area contributed by atoms with Crippen LogP contribution in [0.5, 0.6) is 5.75 Å². The van der Waals surface area contributed by atoms with Crippen LogP contribution in [0, 0.1) is 11.3 Å². The zero-order chi connectivity index (χ0) is 21.7. The third-order valence-corrected chi connectivity index (χ3v) is 4.30. The number of hydrogen-bond donors (Lipinski definition) is 3. The van der Waals surface area contributed by atoms with E-state index in [4.69, 9.17) is 9.47 Å². The number of carbonyl (C=O) groups is 2. The number of nitrogens with zero attached hydrogens (tertiary/aromatic N) is 1. The van der Waals surface area contributed by atoms with Crippen molar-refractivity contribution in [2.45, 2.75) is 38.8 Å². The van der Waals surface area contributed by atoms with Gasteiger partial charge in [0.25, 0.3) is 0 Å². The third-order valence-electron chi connectivity index (χ3n) is 4.30. The van der Waals surface area contributed by atoms with Gasteiger partial charge in [0.2, 0.25) is 0 Å². The van der Waals surface area contributed by atoms with Crippen molar-refractivity contribution in [1.29, 1.82) is 5.26 Å². The molecule has 0 aromatic heterocycles. The van der Waals surface area contributed by atoms with Crippen LogP contribution < -0.4 is 20.7 Å². The highest BCUT2D eigenvalue weighted by Crippen LogP contribution is 2.34. The lowest BCUT2D eigenvalue weighted by Gasteiger charge is -2.27. The van der Waals surface area contributed by atoms with Crippen LogP contribution in [0.2, 0.25) is 0 Å². The molecular weight excluding hydrogens is 384 g/mol. The lowest BCUT2D eigenvalue weighted by molar-refractivity contribution is 0.0636. The lowest BCUT2D eigenvalue weighted by Crippen LogP contribution is -2.35. The maximum absolute atomic E-state index is 12.5. The number of nitriles is 1. The number of ether oxygens (including phenoxy) is 2. The molecule has 8 heteroatoms. The van der Waals surface area contributed by atoms with Crippen LogP contribution >= 0.6 is 0 Å². The lowest BCUT2D eigenvalue weighted by atomic mass is 10.00. The Kier molecular flexibility index (Phi) is 6.11. The topological polar surface area (TPSA) is 112 Å². The average molecular weight is 408 g/mol. The maximum Gasteiger partial charge on any atom is 0.412 e. The van der Waals surface area contributed by atoms with Crippen LogP contribution in [0.25, 0.3) is 0 Å². The van der Waals surface area contributed by atoms with Crippen LogP contribution in [0.1, 0.15) is 44.4 Å². The molecule has 3 N–H and O–H groups in total. The Labute approximate surface area is 175 Å². The van der Waals surface area contributed by atoms with E-state index in [-0.39, 0.29) is 6.04 Å². The molecule has 0 saturated heterocycles. The van der Waals surface area contributed by atoms with E-state index in [0.717, 1.165) is 5.56 Å². The predicted octanol–water partition coefficient (Wildman–Crippen LogP) is 4.55. The fourth-order valence-corrected chi connectivity index (χ4v) is 3.05. The van der Waals surface area contributed by atoms with Gasteiger partial charge in [0.1, 0.15) is 17.4 Å². The summed E-state index contributed by atoms with van der Waals surface area (Å²) < 4.78 is 10.9. The Morgan fingerprint density at radius 2 is 1.93 bits per heavy atom. The second-order valence-electron chi connectivity index (χ2n) is 7.83. The van der Waals surface area contributed by atoms with E-state index in [1.54, 1.807) is 63.2 Å². The summed E-state index contributed by atoms with van der Waals surface area (Å²) in [5.74, 6) is 0.638. The van der Waals surface area contributed by atoms with Crippen LogP contribution in [0.3, 0.4) is 0 Å². The number of rotatable bonds is 3. The summed E-state index contributed by atoms with van der Waals surface area (Å²) in [6.07, 6.45) is 0.00507. The van der Waals surface area contributed by atoms with Crippen LogP contribution in [-0.2, 0) is 4.74 Å². The first kappa shape index (κ1) is 21.0. The van der Waals surface area contributed by atoms with Gasteiger partial charge in [-0.15, -0.1) is 0 Å². The second-order valence-corrected chi connectivity index (χ2v) is 7.83. The second kappa shape index (κ2) is 8.74. The van der Waals surface area contributed by atoms with Crippen LogP contribution in [0.15, 0.2) is 42.5 Å². The highest BCUT2D eigenvalue weighted by molar-refractivity contribution is 5.91. The molecule has 0 radical (unpaired) electrons. The SMILES string of the molecule is CC(C)(C)OC(=O)Nc1ccc2c(c1)[C@H](NC(=O)Nc1ccccc1C#N)CCO2. The molecule has 0 fully saturated rings. The molecule has 3 rings (SSSR count). The number of anilines is 2.